The number of hydrogen-bond acceptors (Lipinski definition) is 6. The molecule has 9 heteroatoms. The Morgan fingerprint density at radius 2 is 1.75 bits per heavy atom. The van der Waals surface area contributed by atoms with Crippen LogP contribution in [-0.4, -0.2) is 59.2 Å². The van der Waals surface area contributed by atoms with Gasteiger partial charge in [0.1, 0.15) is 5.82 Å². The summed E-state index contributed by atoms with van der Waals surface area (Å²) in [5.41, 5.74) is 0.840. The average Bonchev–Trinajstić information content (AvgIpc) is 2.82. The van der Waals surface area contributed by atoms with Crippen molar-refractivity contribution < 1.29 is 17.9 Å². The van der Waals surface area contributed by atoms with Crippen LogP contribution in [0.3, 0.4) is 0 Å². The number of nitrogens with zero attached hydrogens (tertiary/aromatic N) is 4. The highest BCUT2D eigenvalue weighted by Crippen LogP contribution is 2.32. The van der Waals surface area contributed by atoms with Crippen LogP contribution in [0.15, 0.2) is 54.9 Å². The van der Waals surface area contributed by atoms with Crippen molar-refractivity contribution in [3.63, 3.8) is 0 Å². The Balaban J connectivity index is 1.56. The van der Waals surface area contributed by atoms with Crippen molar-refractivity contribution in [1.82, 2.24) is 19.9 Å². The Bertz CT molecular complexity index is 1020. The molecular formula is C23H24F3N5O. The maximum atomic E-state index is 13.2. The zero-order valence-corrected chi connectivity index (χ0v) is 17.5. The van der Waals surface area contributed by atoms with Gasteiger partial charge in [-0.3, -0.25) is 9.88 Å². The molecule has 0 radical (unpaired) electrons. The first kappa shape index (κ1) is 22.2. The molecule has 1 N–H and O–H groups in total. The number of rotatable bonds is 7. The minimum Gasteiger partial charge on any atom is -0.379 e. The van der Waals surface area contributed by atoms with Gasteiger partial charge in [-0.15, -0.1) is 0 Å². The van der Waals surface area contributed by atoms with Gasteiger partial charge in [0.2, 0.25) is 0 Å². The lowest BCUT2D eigenvalue weighted by Crippen LogP contribution is -2.37. The third-order valence-corrected chi connectivity index (χ3v) is 5.21. The second-order valence-corrected chi connectivity index (χ2v) is 7.51. The molecule has 0 bridgehead atoms. The van der Waals surface area contributed by atoms with Gasteiger partial charge >= 0.3 is 6.18 Å². The first-order valence-corrected chi connectivity index (χ1v) is 10.5. The zero-order valence-electron chi connectivity index (χ0n) is 17.5. The van der Waals surface area contributed by atoms with Gasteiger partial charge in [-0.25, -0.2) is 9.97 Å². The van der Waals surface area contributed by atoms with Gasteiger partial charge in [-0.1, -0.05) is 12.1 Å². The summed E-state index contributed by atoms with van der Waals surface area (Å²) in [7, 11) is 0. The van der Waals surface area contributed by atoms with E-state index in [2.05, 4.69) is 25.2 Å². The number of morpholine rings is 1. The molecule has 0 unspecified atom stereocenters. The summed E-state index contributed by atoms with van der Waals surface area (Å²) >= 11 is 0. The summed E-state index contributed by atoms with van der Waals surface area (Å²) in [5.74, 6) is 0.999. The molecule has 0 amide bonds. The summed E-state index contributed by atoms with van der Waals surface area (Å²) in [6, 6.07) is 10.4. The lowest BCUT2D eigenvalue weighted by molar-refractivity contribution is -0.137. The minimum atomic E-state index is -4.42. The topological polar surface area (TPSA) is 63.2 Å². The van der Waals surface area contributed by atoms with Crippen LogP contribution in [0.2, 0.25) is 0 Å². The summed E-state index contributed by atoms with van der Waals surface area (Å²) in [5, 5.41) is 3.30. The minimum absolute atomic E-state index is 0.383. The van der Waals surface area contributed by atoms with Crippen molar-refractivity contribution in [3.05, 3.63) is 60.4 Å². The molecular weight excluding hydrogens is 419 g/mol. The highest BCUT2D eigenvalue weighted by Gasteiger charge is 2.30. The molecule has 32 heavy (non-hydrogen) atoms. The average molecular weight is 443 g/mol. The maximum Gasteiger partial charge on any atom is 0.416 e. The van der Waals surface area contributed by atoms with Crippen LogP contribution < -0.4 is 5.32 Å². The standard InChI is InChI=1S/C23H24F3N5O/c24-23(25,26)19-4-1-3-18(15-19)20-16-21(28-7-2-10-31-11-13-32-14-12-31)30-22(29-20)17-5-8-27-9-6-17/h1,3-6,8-9,15-16H,2,7,10-14H2,(H,28,29,30). The number of benzene rings is 1. The number of ether oxygens (including phenoxy) is 1. The predicted octanol–water partition coefficient (Wildman–Crippen LogP) is 4.36. The van der Waals surface area contributed by atoms with Crippen molar-refractivity contribution >= 4 is 5.82 Å². The monoisotopic (exact) mass is 443 g/mol. The Kier molecular flexibility index (Phi) is 6.96. The van der Waals surface area contributed by atoms with Crippen LogP contribution in [0.1, 0.15) is 12.0 Å². The first-order chi connectivity index (χ1) is 15.5. The highest BCUT2D eigenvalue weighted by atomic mass is 19.4. The van der Waals surface area contributed by atoms with E-state index < -0.39 is 11.7 Å². The molecule has 0 aliphatic carbocycles. The first-order valence-electron chi connectivity index (χ1n) is 10.5. The van der Waals surface area contributed by atoms with E-state index in [1.54, 1.807) is 36.7 Å². The van der Waals surface area contributed by atoms with E-state index in [0.29, 0.717) is 29.4 Å². The Morgan fingerprint density at radius 3 is 2.50 bits per heavy atom. The molecule has 3 heterocycles. The number of hydrogen-bond donors (Lipinski definition) is 1. The van der Waals surface area contributed by atoms with E-state index in [4.69, 9.17) is 4.74 Å². The number of alkyl halides is 3. The second-order valence-electron chi connectivity index (χ2n) is 7.51. The van der Waals surface area contributed by atoms with E-state index in [-0.39, 0.29) is 0 Å². The third-order valence-electron chi connectivity index (χ3n) is 5.21. The molecule has 0 spiro atoms. The van der Waals surface area contributed by atoms with E-state index in [9.17, 15) is 13.2 Å². The van der Waals surface area contributed by atoms with E-state index in [1.165, 1.54) is 6.07 Å². The van der Waals surface area contributed by atoms with Crippen LogP contribution in [0.5, 0.6) is 0 Å². The number of nitrogens with one attached hydrogen (secondary N) is 1. The predicted molar refractivity (Wildman–Crippen MR) is 116 cm³/mol. The van der Waals surface area contributed by atoms with Crippen LogP contribution in [-0.2, 0) is 10.9 Å². The number of aromatic nitrogens is 3. The van der Waals surface area contributed by atoms with Crippen molar-refractivity contribution in [2.75, 3.05) is 44.7 Å². The maximum absolute atomic E-state index is 13.2. The molecule has 1 fully saturated rings. The smallest absolute Gasteiger partial charge is 0.379 e. The molecule has 1 aliphatic heterocycles. The molecule has 4 rings (SSSR count). The Hall–Kier alpha value is -3.04. The van der Waals surface area contributed by atoms with Crippen molar-refractivity contribution in [2.24, 2.45) is 0 Å². The van der Waals surface area contributed by atoms with Crippen LogP contribution in [0, 0.1) is 0 Å². The van der Waals surface area contributed by atoms with Crippen LogP contribution in [0.25, 0.3) is 22.6 Å². The summed E-state index contributed by atoms with van der Waals surface area (Å²) in [6.45, 7) is 5.01. The molecule has 1 aliphatic rings. The molecule has 1 aromatic carbocycles. The SMILES string of the molecule is FC(F)(F)c1cccc(-c2cc(NCCCN3CCOCC3)nc(-c3ccncc3)n2)c1. The molecule has 0 saturated carbocycles. The van der Waals surface area contributed by atoms with Gasteiger partial charge in [-0.2, -0.15) is 13.2 Å². The molecule has 2 aromatic heterocycles. The van der Waals surface area contributed by atoms with E-state index in [1.807, 2.05) is 0 Å². The molecule has 6 nitrogen and oxygen atoms in total. The lowest BCUT2D eigenvalue weighted by Gasteiger charge is -2.26. The fourth-order valence-corrected chi connectivity index (χ4v) is 3.51. The molecule has 0 atom stereocenters. The Morgan fingerprint density at radius 1 is 0.969 bits per heavy atom. The summed E-state index contributed by atoms with van der Waals surface area (Å²) < 4.78 is 45.0. The van der Waals surface area contributed by atoms with Crippen molar-refractivity contribution in [2.45, 2.75) is 12.6 Å². The lowest BCUT2D eigenvalue weighted by atomic mass is 10.1. The molecule has 168 valence electrons. The van der Waals surface area contributed by atoms with Gasteiger partial charge < -0.3 is 10.1 Å². The number of pyridine rings is 1. The quantitative estimate of drug-likeness (QED) is 0.548. The largest absolute Gasteiger partial charge is 0.416 e. The fourth-order valence-electron chi connectivity index (χ4n) is 3.51. The summed E-state index contributed by atoms with van der Waals surface area (Å²) in [4.78, 5) is 15.5. The normalized spacial score (nSPS) is 15.0. The molecule has 3 aromatic rings. The van der Waals surface area contributed by atoms with Gasteiger partial charge in [0.15, 0.2) is 5.82 Å². The summed E-state index contributed by atoms with van der Waals surface area (Å²) in [6.07, 6.45) is -0.249. The number of anilines is 1. The molecule has 1 saturated heterocycles. The van der Waals surface area contributed by atoms with Crippen molar-refractivity contribution in [1.29, 1.82) is 0 Å². The Labute approximate surface area is 184 Å². The van der Waals surface area contributed by atoms with Gasteiger partial charge in [0.25, 0.3) is 0 Å². The van der Waals surface area contributed by atoms with Gasteiger partial charge in [0, 0.05) is 49.2 Å². The van der Waals surface area contributed by atoms with Gasteiger partial charge in [0.05, 0.1) is 24.5 Å². The van der Waals surface area contributed by atoms with Gasteiger partial charge in [-0.05, 0) is 37.2 Å². The van der Waals surface area contributed by atoms with Crippen LogP contribution >= 0.6 is 0 Å². The third kappa shape index (κ3) is 5.80. The van der Waals surface area contributed by atoms with E-state index >= 15 is 0 Å². The highest BCUT2D eigenvalue weighted by molar-refractivity contribution is 5.68. The van der Waals surface area contributed by atoms with Crippen molar-refractivity contribution in [3.8, 4) is 22.6 Å². The van der Waals surface area contributed by atoms with E-state index in [0.717, 1.165) is 57.0 Å². The fraction of sp³-hybridized carbons (Fsp3) is 0.348. The van der Waals surface area contributed by atoms with Crippen LogP contribution in [0.4, 0.5) is 19.0 Å². The second kappa shape index (κ2) is 10.1. The number of halogens is 3. The zero-order chi connectivity index (χ0) is 22.4.